The first-order valence-corrected chi connectivity index (χ1v) is 7.14. The van der Waals surface area contributed by atoms with Crippen LogP contribution in [0.1, 0.15) is 46.0 Å². The van der Waals surface area contributed by atoms with Crippen LogP contribution in [0.15, 0.2) is 18.2 Å². The van der Waals surface area contributed by atoms with E-state index in [9.17, 15) is 0 Å². The molecule has 0 amide bonds. The molecule has 1 aromatic heterocycles. The summed E-state index contributed by atoms with van der Waals surface area (Å²) in [7, 11) is 0. The zero-order valence-corrected chi connectivity index (χ0v) is 11.5. The molecule has 0 spiro atoms. The average molecular weight is 248 g/mol. The number of hydrogen-bond donors (Lipinski definition) is 1. The van der Waals surface area contributed by atoms with Crippen LogP contribution < -0.4 is 10.1 Å². The number of aromatic nitrogens is 1. The smallest absolute Gasteiger partial charge is 0.215 e. The van der Waals surface area contributed by atoms with E-state index in [1.165, 1.54) is 32.1 Å². The molecular weight excluding hydrogens is 224 g/mol. The molecule has 3 heteroatoms. The molecule has 2 atom stereocenters. The van der Waals surface area contributed by atoms with E-state index in [0.717, 1.165) is 11.7 Å². The van der Waals surface area contributed by atoms with Crippen molar-refractivity contribution in [1.82, 2.24) is 4.98 Å². The summed E-state index contributed by atoms with van der Waals surface area (Å²) in [6.45, 7) is 5.00. The van der Waals surface area contributed by atoms with E-state index < -0.39 is 0 Å². The summed E-state index contributed by atoms with van der Waals surface area (Å²) >= 11 is 0. The minimum Gasteiger partial charge on any atom is -0.478 e. The first kappa shape index (κ1) is 13.2. The van der Waals surface area contributed by atoms with Crippen LogP contribution in [0.2, 0.25) is 0 Å². The zero-order chi connectivity index (χ0) is 12.8. The highest BCUT2D eigenvalue weighted by atomic mass is 16.5. The van der Waals surface area contributed by atoms with Crippen molar-refractivity contribution in [2.45, 2.75) is 52.0 Å². The van der Waals surface area contributed by atoms with Gasteiger partial charge in [-0.05, 0) is 38.2 Å². The van der Waals surface area contributed by atoms with Gasteiger partial charge in [0.25, 0.3) is 0 Å². The largest absolute Gasteiger partial charge is 0.478 e. The Morgan fingerprint density at radius 3 is 3.00 bits per heavy atom. The lowest BCUT2D eigenvalue weighted by molar-refractivity contribution is 0.327. The summed E-state index contributed by atoms with van der Waals surface area (Å²) in [5.74, 6) is 2.53. The Morgan fingerprint density at radius 2 is 2.17 bits per heavy atom. The summed E-state index contributed by atoms with van der Waals surface area (Å²) < 4.78 is 5.43. The van der Waals surface area contributed by atoms with Crippen molar-refractivity contribution in [3.63, 3.8) is 0 Å². The average Bonchev–Trinajstić information content (AvgIpc) is 2.56. The second-order valence-electron chi connectivity index (χ2n) is 5.25. The highest BCUT2D eigenvalue weighted by Crippen LogP contribution is 2.25. The molecule has 0 aliphatic heterocycles. The van der Waals surface area contributed by atoms with E-state index in [0.29, 0.717) is 18.5 Å². The standard InChI is InChI=1S/C15H24N2O/c1-3-18-15-9-5-8-14(17-15)16-13-7-4-6-12(2)10-11-13/h5,8-9,12-13H,3-4,6-7,10-11H2,1-2H3,(H,16,17). The quantitative estimate of drug-likeness (QED) is 0.821. The van der Waals surface area contributed by atoms with Gasteiger partial charge in [0.1, 0.15) is 5.82 Å². The molecule has 1 N–H and O–H groups in total. The van der Waals surface area contributed by atoms with Gasteiger partial charge in [0.2, 0.25) is 5.88 Å². The second-order valence-corrected chi connectivity index (χ2v) is 5.25. The van der Waals surface area contributed by atoms with Gasteiger partial charge < -0.3 is 10.1 Å². The van der Waals surface area contributed by atoms with Gasteiger partial charge in [-0.1, -0.05) is 25.8 Å². The maximum absolute atomic E-state index is 5.43. The third kappa shape index (κ3) is 3.90. The van der Waals surface area contributed by atoms with Crippen molar-refractivity contribution in [1.29, 1.82) is 0 Å². The predicted octanol–water partition coefficient (Wildman–Crippen LogP) is 3.86. The van der Waals surface area contributed by atoms with E-state index in [1.54, 1.807) is 0 Å². The third-order valence-electron chi connectivity index (χ3n) is 3.63. The lowest BCUT2D eigenvalue weighted by Gasteiger charge is -2.17. The van der Waals surface area contributed by atoms with Crippen molar-refractivity contribution < 1.29 is 4.74 Å². The maximum atomic E-state index is 5.43. The molecule has 1 aliphatic carbocycles. The summed E-state index contributed by atoms with van der Waals surface area (Å²) in [6.07, 6.45) is 6.52. The first-order valence-electron chi connectivity index (χ1n) is 7.14. The third-order valence-corrected chi connectivity index (χ3v) is 3.63. The molecule has 18 heavy (non-hydrogen) atoms. The van der Waals surface area contributed by atoms with Crippen molar-refractivity contribution in [2.24, 2.45) is 5.92 Å². The maximum Gasteiger partial charge on any atom is 0.215 e. The molecule has 3 nitrogen and oxygen atoms in total. The van der Waals surface area contributed by atoms with E-state index in [1.807, 2.05) is 25.1 Å². The Bertz CT molecular complexity index is 367. The molecule has 2 unspecified atom stereocenters. The minimum absolute atomic E-state index is 0.569. The lowest BCUT2D eigenvalue weighted by Crippen LogP contribution is -2.19. The number of anilines is 1. The molecule has 0 radical (unpaired) electrons. The molecule has 2 rings (SSSR count). The zero-order valence-electron chi connectivity index (χ0n) is 11.5. The van der Waals surface area contributed by atoms with Gasteiger partial charge in [-0.25, -0.2) is 0 Å². The number of nitrogens with one attached hydrogen (secondary N) is 1. The monoisotopic (exact) mass is 248 g/mol. The molecule has 0 bridgehead atoms. The molecule has 1 fully saturated rings. The van der Waals surface area contributed by atoms with Crippen LogP contribution in [-0.2, 0) is 0 Å². The van der Waals surface area contributed by atoms with Crippen LogP contribution in [0.5, 0.6) is 5.88 Å². The van der Waals surface area contributed by atoms with Gasteiger partial charge in [-0.3, -0.25) is 0 Å². The molecular formula is C15H24N2O. The van der Waals surface area contributed by atoms with Crippen LogP contribution in [-0.4, -0.2) is 17.6 Å². The van der Waals surface area contributed by atoms with Gasteiger partial charge in [0.15, 0.2) is 0 Å². The SMILES string of the molecule is CCOc1cccc(NC2CCCC(C)CC2)n1. The Morgan fingerprint density at radius 1 is 1.28 bits per heavy atom. The van der Waals surface area contributed by atoms with Crippen LogP contribution in [0.3, 0.4) is 0 Å². The van der Waals surface area contributed by atoms with E-state index >= 15 is 0 Å². The van der Waals surface area contributed by atoms with Gasteiger partial charge >= 0.3 is 0 Å². The fourth-order valence-electron chi connectivity index (χ4n) is 2.56. The molecule has 1 aliphatic rings. The number of ether oxygens (including phenoxy) is 1. The lowest BCUT2D eigenvalue weighted by atomic mass is 10.0. The fourth-order valence-corrected chi connectivity index (χ4v) is 2.56. The Hall–Kier alpha value is -1.25. The topological polar surface area (TPSA) is 34.1 Å². The number of nitrogens with zero attached hydrogens (tertiary/aromatic N) is 1. The molecule has 1 heterocycles. The summed E-state index contributed by atoms with van der Waals surface area (Å²) in [4.78, 5) is 4.47. The van der Waals surface area contributed by atoms with E-state index in [-0.39, 0.29) is 0 Å². The van der Waals surface area contributed by atoms with E-state index in [4.69, 9.17) is 4.74 Å². The Kier molecular flexibility index (Phi) is 4.85. The number of pyridine rings is 1. The van der Waals surface area contributed by atoms with Crippen LogP contribution >= 0.6 is 0 Å². The highest BCUT2D eigenvalue weighted by Gasteiger charge is 2.16. The van der Waals surface area contributed by atoms with Crippen molar-refractivity contribution in [3.8, 4) is 5.88 Å². The highest BCUT2D eigenvalue weighted by molar-refractivity contribution is 5.38. The molecule has 100 valence electrons. The molecule has 0 aromatic carbocycles. The fraction of sp³-hybridized carbons (Fsp3) is 0.667. The molecule has 1 aromatic rings. The number of hydrogen-bond acceptors (Lipinski definition) is 3. The second kappa shape index (κ2) is 6.62. The van der Waals surface area contributed by atoms with Crippen LogP contribution in [0, 0.1) is 5.92 Å². The van der Waals surface area contributed by atoms with Crippen LogP contribution in [0.4, 0.5) is 5.82 Å². The van der Waals surface area contributed by atoms with Gasteiger partial charge in [-0.2, -0.15) is 4.98 Å². The molecule has 0 saturated heterocycles. The summed E-state index contributed by atoms with van der Waals surface area (Å²) in [6, 6.07) is 6.50. The Balaban J connectivity index is 1.93. The van der Waals surface area contributed by atoms with Crippen molar-refractivity contribution >= 4 is 5.82 Å². The summed E-state index contributed by atoms with van der Waals surface area (Å²) in [5.41, 5.74) is 0. The van der Waals surface area contributed by atoms with E-state index in [2.05, 4.69) is 17.2 Å². The number of rotatable bonds is 4. The normalized spacial score (nSPS) is 24.3. The summed E-state index contributed by atoms with van der Waals surface area (Å²) in [5, 5.41) is 3.55. The molecule has 1 saturated carbocycles. The predicted molar refractivity (Wildman–Crippen MR) is 75.1 cm³/mol. The van der Waals surface area contributed by atoms with Gasteiger partial charge in [0, 0.05) is 12.1 Å². The minimum atomic E-state index is 0.569. The Labute approximate surface area is 110 Å². The van der Waals surface area contributed by atoms with Gasteiger partial charge in [0.05, 0.1) is 6.61 Å². The first-order chi connectivity index (χ1) is 8.78. The van der Waals surface area contributed by atoms with Crippen molar-refractivity contribution in [2.75, 3.05) is 11.9 Å². The van der Waals surface area contributed by atoms with Crippen LogP contribution in [0.25, 0.3) is 0 Å². The van der Waals surface area contributed by atoms with Gasteiger partial charge in [-0.15, -0.1) is 0 Å². The van der Waals surface area contributed by atoms with Crippen molar-refractivity contribution in [3.05, 3.63) is 18.2 Å².